The van der Waals surface area contributed by atoms with Gasteiger partial charge in [-0.1, -0.05) is 6.07 Å². The van der Waals surface area contributed by atoms with Crippen LogP contribution < -0.4 is 15.4 Å². The lowest BCUT2D eigenvalue weighted by Gasteiger charge is -2.38. The first-order chi connectivity index (χ1) is 11.4. The quantitative estimate of drug-likeness (QED) is 0.653. The van der Waals surface area contributed by atoms with Crippen molar-refractivity contribution in [3.8, 4) is 5.75 Å². The number of rotatable bonds is 8. The highest BCUT2D eigenvalue weighted by Crippen LogP contribution is 2.44. The second-order valence-corrected chi connectivity index (χ2v) is 6.65. The van der Waals surface area contributed by atoms with E-state index >= 15 is 0 Å². The fourth-order valence-electron chi connectivity index (χ4n) is 2.74. The van der Waals surface area contributed by atoms with Crippen LogP contribution in [-0.4, -0.2) is 37.9 Å². The van der Waals surface area contributed by atoms with Gasteiger partial charge in [0.15, 0.2) is 0 Å². The Morgan fingerprint density at radius 2 is 2.21 bits per heavy atom. The molecule has 0 aliphatic heterocycles. The van der Waals surface area contributed by atoms with Crippen LogP contribution in [0.5, 0.6) is 5.75 Å². The molecule has 1 aromatic rings. The molecular formula is C16H19BrF2N2O3. The van der Waals surface area contributed by atoms with E-state index in [4.69, 9.17) is 4.74 Å². The first-order valence-corrected chi connectivity index (χ1v) is 8.33. The number of halogens is 3. The summed E-state index contributed by atoms with van der Waals surface area (Å²) in [5, 5.41) is 5.03. The Morgan fingerprint density at radius 3 is 2.79 bits per heavy atom. The molecule has 5 nitrogen and oxygen atoms in total. The summed E-state index contributed by atoms with van der Waals surface area (Å²) in [5.74, 6) is -3.01. The van der Waals surface area contributed by atoms with Crippen LogP contribution in [0.2, 0.25) is 0 Å². The summed E-state index contributed by atoms with van der Waals surface area (Å²) < 4.78 is 32.0. The third kappa shape index (κ3) is 4.66. The number of hydrogen-bond acceptors (Lipinski definition) is 3. The number of ether oxygens (including phenoxy) is 1. The van der Waals surface area contributed by atoms with Gasteiger partial charge in [-0.25, -0.2) is 8.78 Å². The van der Waals surface area contributed by atoms with E-state index in [2.05, 4.69) is 26.6 Å². The molecule has 1 aromatic carbocycles. The number of carbonyl (C=O) groups excluding carboxylic acids is 2. The number of carbonyl (C=O) groups is 2. The smallest absolute Gasteiger partial charge is 0.248 e. The summed E-state index contributed by atoms with van der Waals surface area (Å²) in [5.41, 5.74) is 0.963. The van der Waals surface area contributed by atoms with E-state index in [0.717, 1.165) is 10.0 Å². The lowest BCUT2D eigenvalue weighted by Crippen LogP contribution is -2.55. The molecule has 24 heavy (non-hydrogen) atoms. The molecule has 0 bridgehead atoms. The molecule has 2 amide bonds. The van der Waals surface area contributed by atoms with Gasteiger partial charge in [-0.3, -0.25) is 9.59 Å². The maximum atomic E-state index is 13.0. The minimum atomic E-state index is -2.73. The van der Waals surface area contributed by atoms with Crippen molar-refractivity contribution in [1.29, 1.82) is 0 Å². The fourth-order valence-corrected chi connectivity index (χ4v) is 3.15. The molecule has 0 heterocycles. The molecule has 1 aliphatic rings. The molecule has 1 saturated carbocycles. The largest absolute Gasteiger partial charge is 0.496 e. The molecule has 2 N–H and O–H groups in total. The van der Waals surface area contributed by atoms with Crippen LogP contribution in [-0.2, 0) is 16.0 Å². The van der Waals surface area contributed by atoms with E-state index in [0.29, 0.717) is 25.1 Å². The first kappa shape index (κ1) is 18.6. The number of nitrogens with one attached hydrogen (secondary N) is 2. The fraction of sp³-hybridized carbons (Fsp3) is 0.500. The Bertz CT molecular complexity index is 605. The standard InChI is InChI=1S/C16H19BrF2N2O3/c1-24-13-6-10(2-3-12(13)17)4-5-20-15(23)14(21-9-22)11-7-16(18,19)8-11/h2-3,6,9,11,14H,4-5,7-8H2,1H3,(H,20,23)(H,21,22). The molecule has 0 spiro atoms. The molecule has 1 fully saturated rings. The maximum absolute atomic E-state index is 13.0. The van der Waals surface area contributed by atoms with Gasteiger partial charge in [0.2, 0.25) is 18.2 Å². The minimum absolute atomic E-state index is 0.337. The predicted octanol–water partition coefficient (Wildman–Crippen LogP) is 2.28. The zero-order chi connectivity index (χ0) is 17.7. The summed E-state index contributed by atoms with van der Waals surface area (Å²) >= 11 is 3.36. The van der Waals surface area contributed by atoms with Crippen LogP contribution in [0.4, 0.5) is 8.78 Å². The molecule has 8 heteroatoms. The van der Waals surface area contributed by atoms with Crippen LogP contribution in [0.25, 0.3) is 0 Å². The second kappa shape index (κ2) is 7.92. The van der Waals surface area contributed by atoms with E-state index in [9.17, 15) is 18.4 Å². The van der Waals surface area contributed by atoms with Crippen molar-refractivity contribution in [2.24, 2.45) is 5.92 Å². The van der Waals surface area contributed by atoms with Crippen LogP contribution >= 0.6 is 15.9 Å². The summed E-state index contributed by atoms with van der Waals surface area (Å²) in [6.07, 6.45) is 0.177. The second-order valence-electron chi connectivity index (χ2n) is 5.80. The van der Waals surface area contributed by atoms with Gasteiger partial charge in [-0.15, -0.1) is 0 Å². The highest BCUT2D eigenvalue weighted by atomic mass is 79.9. The van der Waals surface area contributed by atoms with Crippen molar-refractivity contribution >= 4 is 28.2 Å². The minimum Gasteiger partial charge on any atom is -0.496 e. The van der Waals surface area contributed by atoms with Crippen molar-refractivity contribution in [3.05, 3.63) is 28.2 Å². The van der Waals surface area contributed by atoms with Crippen molar-refractivity contribution < 1.29 is 23.1 Å². The molecule has 132 valence electrons. The normalized spacial score (nSPS) is 17.5. The number of hydrogen-bond donors (Lipinski definition) is 2. The third-order valence-corrected chi connectivity index (χ3v) is 4.71. The third-order valence-electron chi connectivity index (χ3n) is 4.05. The molecule has 1 atom stereocenters. The Kier molecular flexibility index (Phi) is 6.15. The number of methoxy groups -OCH3 is 1. The Balaban J connectivity index is 1.86. The van der Waals surface area contributed by atoms with Crippen molar-refractivity contribution in [1.82, 2.24) is 10.6 Å². The molecule has 2 rings (SSSR count). The van der Waals surface area contributed by atoms with E-state index < -0.39 is 23.8 Å². The topological polar surface area (TPSA) is 67.4 Å². The van der Waals surface area contributed by atoms with Crippen molar-refractivity contribution in [2.45, 2.75) is 31.2 Å². The van der Waals surface area contributed by atoms with Crippen LogP contribution in [0, 0.1) is 5.92 Å². The monoisotopic (exact) mass is 404 g/mol. The zero-order valence-corrected chi connectivity index (χ0v) is 14.7. The van der Waals surface area contributed by atoms with Gasteiger partial charge in [-0.2, -0.15) is 0 Å². The van der Waals surface area contributed by atoms with E-state index in [1.54, 1.807) is 7.11 Å². The number of amides is 2. The van der Waals surface area contributed by atoms with Crippen LogP contribution in [0.1, 0.15) is 18.4 Å². The molecular weight excluding hydrogens is 386 g/mol. The van der Waals surface area contributed by atoms with Gasteiger partial charge in [0.05, 0.1) is 11.6 Å². The Hall–Kier alpha value is -1.70. The van der Waals surface area contributed by atoms with E-state index in [1.807, 2.05) is 18.2 Å². The summed E-state index contributed by atoms with van der Waals surface area (Å²) in [7, 11) is 1.57. The average Bonchev–Trinajstić information content (AvgIpc) is 2.51. The van der Waals surface area contributed by atoms with Gasteiger partial charge in [0, 0.05) is 19.4 Å². The number of benzene rings is 1. The van der Waals surface area contributed by atoms with Gasteiger partial charge >= 0.3 is 0 Å². The van der Waals surface area contributed by atoms with Gasteiger partial charge in [0.25, 0.3) is 0 Å². The maximum Gasteiger partial charge on any atom is 0.248 e. The average molecular weight is 405 g/mol. The highest BCUT2D eigenvalue weighted by Gasteiger charge is 2.50. The zero-order valence-electron chi connectivity index (χ0n) is 13.2. The Labute approximate surface area is 147 Å². The van der Waals surface area contributed by atoms with Crippen LogP contribution in [0.3, 0.4) is 0 Å². The summed E-state index contributed by atoms with van der Waals surface area (Å²) in [4.78, 5) is 22.8. The van der Waals surface area contributed by atoms with E-state index in [-0.39, 0.29) is 12.8 Å². The molecule has 1 aliphatic carbocycles. The van der Waals surface area contributed by atoms with E-state index in [1.165, 1.54) is 0 Å². The van der Waals surface area contributed by atoms with Gasteiger partial charge in [-0.05, 0) is 46.0 Å². The lowest BCUT2D eigenvalue weighted by molar-refractivity contribution is -0.142. The highest BCUT2D eigenvalue weighted by molar-refractivity contribution is 9.10. The van der Waals surface area contributed by atoms with Gasteiger partial charge in [0.1, 0.15) is 11.8 Å². The molecule has 1 unspecified atom stereocenters. The molecule has 0 saturated heterocycles. The number of alkyl halides is 2. The lowest BCUT2D eigenvalue weighted by atomic mass is 9.76. The molecule has 0 aromatic heterocycles. The van der Waals surface area contributed by atoms with Gasteiger partial charge < -0.3 is 15.4 Å². The Morgan fingerprint density at radius 1 is 1.50 bits per heavy atom. The van der Waals surface area contributed by atoms with Crippen LogP contribution in [0.15, 0.2) is 22.7 Å². The molecule has 0 radical (unpaired) electrons. The van der Waals surface area contributed by atoms with Crippen molar-refractivity contribution in [2.75, 3.05) is 13.7 Å². The summed E-state index contributed by atoms with van der Waals surface area (Å²) in [6, 6.07) is 4.68. The SMILES string of the molecule is COc1cc(CCNC(=O)C(NC=O)C2CC(F)(F)C2)ccc1Br. The predicted molar refractivity (Wildman–Crippen MR) is 88.1 cm³/mol. The summed E-state index contributed by atoms with van der Waals surface area (Å²) in [6.45, 7) is 0.337. The first-order valence-electron chi connectivity index (χ1n) is 7.54. The van der Waals surface area contributed by atoms with Crippen molar-refractivity contribution in [3.63, 3.8) is 0 Å².